The van der Waals surface area contributed by atoms with Crippen molar-refractivity contribution in [3.8, 4) is 0 Å². The Labute approximate surface area is 136 Å². The fourth-order valence-electron chi connectivity index (χ4n) is 2.11. The molecule has 1 amide bonds. The second-order valence-corrected chi connectivity index (χ2v) is 5.25. The highest BCUT2D eigenvalue weighted by Gasteiger charge is 2.18. The molecule has 2 aromatic carbocycles. The molecule has 23 heavy (non-hydrogen) atoms. The molecule has 0 aliphatic carbocycles. The lowest BCUT2D eigenvalue weighted by atomic mass is 10.1. The normalized spacial score (nSPS) is 12.1. The number of hydrogen-bond donors (Lipinski definition) is 1. The first kappa shape index (κ1) is 16.7. The third kappa shape index (κ3) is 4.66. The lowest BCUT2D eigenvalue weighted by Crippen LogP contribution is -2.26. The van der Waals surface area contributed by atoms with Gasteiger partial charge in [-0.1, -0.05) is 42.5 Å². The van der Waals surface area contributed by atoms with Crippen LogP contribution in [0.1, 0.15) is 17.2 Å². The Balaban J connectivity index is 1.97. The van der Waals surface area contributed by atoms with Gasteiger partial charge in [-0.3, -0.25) is 4.79 Å². The average Bonchev–Trinajstić information content (AvgIpc) is 2.57. The minimum Gasteiger partial charge on any atom is -0.378 e. The summed E-state index contributed by atoms with van der Waals surface area (Å²) in [6.07, 6.45) is 0.930. The van der Waals surface area contributed by atoms with Crippen molar-refractivity contribution in [1.82, 2.24) is 5.43 Å². The van der Waals surface area contributed by atoms with Gasteiger partial charge in [0, 0.05) is 26.9 Å². The average molecular weight is 311 g/mol. The second-order valence-electron chi connectivity index (χ2n) is 5.25. The van der Waals surface area contributed by atoms with Gasteiger partial charge in [-0.05, 0) is 23.3 Å². The molecule has 0 fully saturated rings. The molecule has 5 heteroatoms. The van der Waals surface area contributed by atoms with E-state index in [0.717, 1.165) is 16.8 Å². The number of nitrogens with one attached hydrogen (secondary N) is 1. The van der Waals surface area contributed by atoms with Gasteiger partial charge < -0.3 is 9.64 Å². The van der Waals surface area contributed by atoms with Crippen molar-refractivity contribution in [2.75, 3.05) is 26.1 Å². The third-order valence-corrected chi connectivity index (χ3v) is 3.37. The summed E-state index contributed by atoms with van der Waals surface area (Å²) in [5.74, 6) is -0.306. The van der Waals surface area contributed by atoms with Crippen LogP contribution in [-0.4, -0.2) is 33.3 Å². The Bertz CT molecular complexity index is 652. The number of methoxy groups -OCH3 is 1. The summed E-state index contributed by atoms with van der Waals surface area (Å²) >= 11 is 0. The van der Waals surface area contributed by atoms with Crippen molar-refractivity contribution < 1.29 is 9.53 Å². The fraction of sp³-hybridized carbons (Fsp3) is 0.222. The Kier molecular flexibility index (Phi) is 5.88. The highest BCUT2D eigenvalue weighted by Crippen LogP contribution is 2.16. The molecule has 0 heterocycles. The molecule has 1 unspecified atom stereocenters. The maximum atomic E-state index is 12.2. The first-order valence-electron chi connectivity index (χ1n) is 7.30. The Morgan fingerprint density at radius 1 is 1.13 bits per heavy atom. The van der Waals surface area contributed by atoms with Gasteiger partial charge in [0.2, 0.25) is 0 Å². The fourth-order valence-corrected chi connectivity index (χ4v) is 2.11. The number of carbonyl (C=O) groups excluding carboxylic acids is 1. The van der Waals surface area contributed by atoms with Crippen molar-refractivity contribution >= 4 is 17.8 Å². The molecule has 0 radical (unpaired) electrons. The largest absolute Gasteiger partial charge is 0.378 e. The zero-order valence-electron chi connectivity index (χ0n) is 13.6. The Morgan fingerprint density at radius 2 is 1.78 bits per heavy atom. The quantitative estimate of drug-likeness (QED) is 0.659. The van der Waals surface area contributed by atoms with Gasteiger partial charge in [-0.2, -0.15) is 5.10 Å². The number of nitrogens with zero attached hydrogens (tertiary/aromatic N) is 2. The molecule has 0 aromatic heterocycles. The van der Waals surface area contributed by atoms with Gasteiger partial charge in [0.1, 0.15) is 0 Å². The predicted octanol–water partition coefficient (Wildman–Crippen LogP) is 2.59. The molecule has 5 nitrogen and oxygen atoms in total. The summed E-state index contributed by atoms with van der Waals surface area (Å²) in [5.41, 5.74) is 5.32. The van der Waals surface area contributed by atoms with E-state index >= 15 is 0 Å². The molecule has 0 aliphatic heterocycles. The number of benzene rings is 2. The summed E-state index contributed by atoms with van der Waals surface area (Å²) in [6, 6.07) is 17.2. The van der Waals surface area contributed by atoms with E-state index in [1.165, 1.54) is 7.11 Å². The standard InChI is InChI=1S/C18H21N3O2/c1-21(2)16-11-9-14(10-12-16)13-19-20-18(22)17(23-3)15-7-5-4-6-8-15/h4-13,17H,1-3H3,(H,20,22)/b19-13+. The summed E-state index contributed by atoms with van der Waals surface area (Å²) in [6.45, 7) is 0. The van der Waals surface area contributed by atoms with Gasteiger partial charge in [0.25, 0.3) is 5.91 Å². The molecule has 120 valence electrons. The molecule has 1 atom stereocenters. The van der Waals surface area contributed by atoms with Crippen molar-refractivity contribution in [2.24, 2.45) is 5.10 Å². The van der Waals surface area contributed by atoms with Crippen molar-refractivity contribution in [2.45, 2.75) is 6.10 Å². The first-order valence-corrected chi connectivity index (χ1v) is 7.30. The number of ether oxygens (including phenoxy) is 1. The topological polar surface area (TPSA) is 53.9 Å². The lowest BCUT2D eigenvalue weighted by molar-refractivity contribution is -0.131. The van der Waals surface area contributed by atoms with Crippen LogP contribution in [0.2, 0.25) is 0 Å². The number of anilines is 1. The van der Waals surface area contributed by atoms with Crippen LogP contribution >= 0.6 is 0 Å². The zero-order chi connectivity index (χ0) is 16.7. The van der Waals surface area contributed by atoms with Crippen LogP contribution in [-0.2, 0) is 9.53 Å². The van der Waals surface area contributed by atoms with Crippen LogP contribution in [0.3, 0.4) is 0 Å². The smallest absolute Gasteiger partial charge is 0.273 e. The molecular weight excluding hydrogens is 290 g/mol. The number of amides is 1. The molecule has 1 N–H and O–H groups in total. The Hall–Kier alpha value is -2.66. The number of hydrogen-bond acceptors (Lipinski definition) is 4. The van der Waals surface area contributed by atoms with Crippen LogP contribution < -0.4 is 10.3 Å². The van der Waals surface area contributed by atoms with E-state index in [1.54, 1.807) is 6.21 Å². The lowest BCUT2D eigenvalue weighted by Gasteiger charge is -2.13. The highest BCUT2D eigenvalue weighted by molar-refractivity contribution is 5.85. The summed E-state index contributed by atoms with van der Waals surface area (Å²) < 4.78 is 5.25. The number of hydrazone groups is 1. The van der Waals surface area contributed by atoms with Gasteiger partial charge in [-0.15, -0.1) is 0 Å². The molecule has 0 saturated carbocycles. The second kappa shape index (κ2) is 8.10. The van der Waals surface area contributed by atoms with Crippen LogP contribution in [0.15, 0.2) is 59.7 Å². The predicted molar refractivity (Wildman–Crippen MR) is 92.7 cm³/mol. The highest BCUT2D eigenvalue weighted by atomic mass is 16.5. The third-order valence-electron chi connectivity index (χ3n) is 3.37. The van der Waals surface area contributed by atoms with E-state index in [2.05, 4.69) is 10.5 Å². The van der Waals surface area contributed by atoms with Crippen LogP contribution in [0.4, 0.5) is 5.69 Å². The summed E-state index contributed by atoms with van der Waals surface area (Å²) in [7, 11) is 5.47. The van der Waals surface area contributed by atoms with Gasteiger partial charge in [-0.25, -0.2) is 5.43 Å². The molecule has 0 aliphatic rings. The molecule has 2 rings (SSSR count). The summed E-state index contributed by atoms with van der Waals surface area (Å²) in [4.78, 5) is 14.2. The van der Waals surface area contributed by atoms with Crippen molar-refractivity contribution in [3.63, 3.8) is 0 Å². The molecule has 0 spiro atoms. The number of carbonyl (C=O) groups is 1. The van der Waals surface area contributed by atoms with Gasteiger partial charge in [0.15, 0.2) is 6.10 Å². The minimum absolute atomic E-state index is 0.306. The minimum atomic E-state index is -0.676. The maximum Gasteiger partial charge on any atom is 0.273 e. The van der Waals surface area contributed by atoms with E-state index in [9.17, 15) is 4.79 Å². The maximum absolute atomic E-state index is 12.2. The molecule has 0 saturated heterocycles. The summed E-state index contributed by atoms with van der Waals surface area (Å²) in [5, 5.41) is 3.99. The van der Waals surface area contributed by atoms with E-state index in [0.29, 0.717) is 0 Å². The van der Waals surface area contributed by atoms with Crippen molar-refractivity contribution in [1.29, 1.82) is 0 Å². The first-order chi connectivity index (χ1) is 11.1. The Morgan fingerprint density at radius 3 is 2.35 bits per heavy atom. The van der Waals surface area contributed by atoms with Crippen LogP contribution in [0.25, 0.3) is 0 Å². The van der Waals surface area contributed by atoms with Gasteiger partial charge >= 0.3 is 0 Å². The van der Waals surface area contributed by atoms with Crippen LogP contribution in [0, 0.1) is 0 Å². The zero-order valence-corrected chi connectivity index (χ0v) is 13.6. The van der Waals surface area contributed by atoms with E-state index in [1.807, 2.05) is 73.6 Å². The molecule has 0 bridgehead atoms. The monoisotopic (exact) mass is 311 g/mol. The molecular formula is C18H21N3O2. The van der Waals surface area contributed by atoms with E-state index in [4.69, 9.17) is 4.74 Å². The van der Waals surface area contributed by atoms with Crippen molar-refractivity contribution in [3.05, 3.63) is 65.7 Å². The SMILES string of the molecule is COC(C(=O)N/N=C/c1ccc(N(C)C)cc1)c1ccccc1. The van der Waals surface area contributed by atoms with E-state index < -0.39 is 6.10 Å². The van der Waals surface area contributed by atoms with Gasteiger partial charge in [0.05, 0.1) is 6.21 Å². The number of rotatable bonds is 6. The molecule has 2 aromatic rings. The van der Waals surface area contributed by atoms with E-state index in [-0.39, 0.29) is 5.91 Å². The van der Waals surface area contributed by atoms with Crippen LogP contribution in [0.5, 0.6) is 0 Å².